The van der Waals surface area contributed by atoms with Gasteiger partial charge in [0.15, 0.2) is 4.96 Å². The molecular formula is C13H19N3OS. The number of hydrogen-bond donors (Lipinski definition) is 2. The van der Waals surface area contributed by atoms with Crippen molar-refractivity contribution in [3.63, 3.8) is 0 Å². The summed E-state index contributed by atoms with van der Waals surface area (Å²) >= 11 is 1.67. The van der Waals surface area contributed by atoms with Crippen LogP contribution in [-0.4, -0.2) is 27.1 Å². The zero-order valence-electron chi connectivity index (χ0n) is 10.6. The first-order valence-electron chi connectivity index (χ1n) is 6.55. The van der Waals surface area contributed by atoms with E-state index in [1.165, 1.54) is 5.69 Å². The molecule has 2 aromatic rings. The minimum atomic E-state index is -0.106. The van der Waals surface area contributed by atoms with Crippen LogP contribution in [0, 0.1) is 12.8 Å². The Morgan fingerprint density at radius 1 is 1.56 bits per heavy atom. The van der Waals surface area contributed by atoms with E-state index >= 15 is 0 Å². The van der Waals surface area contributed by atoms with E-state index in [-0.39, 0.29) is 6.10 Å². The minimum Gasteiger partial charge on any atom is -0.393 e. The van der Waals surface area contributed by atoms with Gasteiger partial charge in [0.2, 0.25) is 0 Å². The molecule has 0 spiro atoms. The van der Waals surface area contributed by atoms with Gasteiger partial charge in [0.25, 0.3) is 0 Å². The summed E-state index contributed by atoms with van der Waals surface area (Å²) in [6.45, 7) is 3.78. The highest BCUT2D eigenvalue weighted by atomic mass is 32.1. The van der Waals surface area contributed by atoms with Crippen molar-refractivity contribution in [3.05, 3.63) is 23.0 Å². The molecule has 2 heterocycles. The zero-order valence-corrected chi connectivity index (χ0v) is 11.4. The lowest BCUT2D eigenvalue weighted by molar-refractivity contribution is 0.131. The van der Waals surface area contributed by atoms with Gasteiger partial charge in [-0.3, -0.25) is 4.40 Å². The molecule has 18 heavy (non-hydrogen) atoms. The number of fused-ring (bicyclic) bond motifs is 1. The molecule has 1 aliphatic rings. The van der Waals surface area contributed by atoms with Gasteiger partial charge in [0.05, 0.1) is 17.5 Å². The van der Waals surface area contributed by atoms with E-state index in [1.807, 2.05) is 0 Å². The third-order valence-corrected chi connectivity index (χ3v) is 4.64. The monoisotopic (exact) mass is 265 g/mol. The summed E-state index contributed by atoms with van der Waals surface area (Å²) in [5.41, 5.74) is 2.33. The SMILES string of the molecule is Cc1nc2sccn2c1CNCC1CCCC1O. The predicted octanol–water partition coefficient (Wildman–Crippen LogP) is 1.95. The summed E-state index contributed by atoms with van der Waals surface area (Å²) in [4.78, 5) is 5.59. The van der Waals surface area contributed by atoms with Gasteiger partial charge in [-0.2, -0.15) is 0 Å². The molecule has 2 atom stereocenters. The second kappa shape index (κ2) is 4.99. The van der Waals surface area contributed by atoms with E-state index < -0.39 is 0 Å². The molecule has 0 radical (unpaired) electrons. The molecule has 0 bridgehead atoms. The van der Waals surface area contributed by atoms with Gasteiger partial charge in [-0.25, -0.2) is 4.98 Å². The fraction of sp³-hybridized carbons (Fsp3) is 0.615. The van der Waals surface area contributed by atoms with Crippen molar-refractivity contribution in [3.8, 4) is 0 Å². The van der Waals surface area contributed by atoms with Crippen molar-refractivity contribution in [1.82, 2.24) is 14.7 Å². The summed E-state index contributed by atoms with van der Waals surface area (Å²) in [5.74, 6) is 0.427. The number of imidazole rings is 1. The standard InChI is InChI=1S/C13H19N3OS/c1-9-11(16-5-6-18-13(16)15-9)8-14-7-10-3-2-4-12(10)17/h5-6,10,12,14,17H,2-4,7-8H2,1H3. The van der Waals surface area contributed by atoms with Crippen molar-refractivity contribution >= 4 is 16.3 Å². The molecule has 0 saturated heterocycles. The molecule has 98 valence electrons. The number of nitrogens with one attached hydrogen (secondary N) is 1. The Morgan fingerprint density at radius 3 is 3.22 bits per heavy atom. The first kappa shape index (κ1) is 12.1. The van der Waals surface area contributed by atoms with Crippen molar-refractivity contribution in [1.29, 1.82) is 0 Å². The predicted molar refractivity (Wildman–Crippen MR) is 72.9 cm³/mol. The van der Waals surface area contributed by atoms with Gasteiger partial charge in [-0.15, -0.1) is 11.3 Å². The molecule has 0 amide bonds. The first-order chi connectivity index (χ1) is 8.75. The van der Waals surface area contributed by atoms with Crippen molar-refractivity contribution in [2.45, 2.75) is 38.8 Å². The number of aliphatic hydroxyl groups is 1. The number of aromatic nitrogens is 2. The molecule has 1 saturated carbocycles. The largest absolute Gasteiger partial charge is 0.393 e. The van der Waals surface area contributed by atoms with Crippen LogP contribution < -0.4 is 5.32 Å². The number of aryl methyl sites for hydroxylation is 1. The van der Waals surface area contributed by atoms with Gasteiger partial charge in [0, 0.05) is 24.7 Å². The highest BCUT2D eigenvalue weighted by molar-refractivity contribution is 7.15. The van der Waals surface area contributed by atoms with Crippen molar-refractivity contribution in [2.24, 2.45) is 5.92 Å². The summed E-state index contributed by atoms with van der Waals surface area (Å²) in [6, 6.07) is 0. The Labute approximate surface area is 111 Å². The van der Waals surface area contributed by atoms with E-state index in [0.29, 0.717) is 5.92 Å². The first-order valence-corrected chi connectivity index (χ1v) is 7.43. The zero-order chi connectivity index (χ0) is 12.5. The molecule has 5 heteroatoms. The molecule has 2 aromatic heterocycles. The lowest BCUT2D eigenvalue weighted by Gasteiger charge is -2.15. The van der Waals surface area contributed by atoms with Crippen LogP contribution in [0.4, 0.5) is 0 Å². The lowest BCUT2D eigenvalue weighted by atomic mass is 10.1. The van der Waals surface area contributed by atoms with Crippen LogP contribution in [0.5, 0.6) is 0 Å². The highest BCUT2D eigenvalue weighted by Crippen LogP contribution is 2.25. The fourth-order valence-corrected chi connectivity index (χ4v) is 3.56. The van der Waals surface area contributed by atoms with Crippen LogP contribution in [0.15, 0.2) is 11.6 Å². The van der Waals surface area contributed by atoms with Gasteiger partial charge in [0.1, 0.15) is 0 Å². The van der Waals surface area contributed by atoms with E-state index in [2.05, 4.69) is 33.2 Å². The maximum atomic E-state index is 9.78. The molecule has 2 N–H and O–H groups in total. The number of thiazole rings is 1. The molecule has 4 nitrogen and oxygen atoms in total. The quantitative estimate of drug-likeness (QED) is 0.888. The Kier molecular flexibility index (Phi) is 3.37. The summed E-state index contributed by atoms with van der Waals surface area (Å²) in [6.07, 6.45) is 5.24. The van der Waals surface area contributed by atoms with Crippen LogP contribution in [-0.2, 0) is 6.54 Å². The fourth-order valence-electron chi connectivity index (χ4n) is 2.79. The smallest absolute Gasteiger partial charge is 0.194 e. The number of nitrogens with zero attached hydrogens (tertiary/aromatic N) is 2. The highest BCUT2D eigenvalue weighted by Gasteiger charge is 2.24. The van der Waals surface area contributed by atoms with Crippen molar-refractivity contribution < 1.29 is 5.11 Å². The molecule has 1 fully saturated rings. The van der Waals surface area contributed by atoms with E-state index in [0.717, 1.165) is 43.0 Å². The molecule has 1 aliphatic carbocycles. The third-order valence-electron chi connectivity index (χ3n) is 3.88. The molecular weight excluding hydrogens is 246 g/mol. The normalized spacial score (nSPS) is 24.1. The van der Waals surface area contributed by atoms with E-state index in [9.17, 15) is 5.11 Å². The Balaban J connectivity index is 1.62. The summed E-state index contributed by atoms with van der Waals surface area (Å²) in [5, 5.41) is 15.3. The topological polar surface area (TPSA) is 49.6 Å². The maximum absolute atomic E-state index is 9.78. The van der Waals surface area contributed by atoms with Gasteiger partial charge >= 0.3 is 0 Å². The molecule has 0 aliphatic heterocycles. The average Bonchev–Trinajstić information content (AvgIpc) is 2.99. The molecule has 0 aromatic carbocycles. The van der Waals surface area contributed by atoms with Gasteiger partial charge in [-0.05, 0) is 25.7 Å². The Bertz CT molecular complexity index is 533. The van der Waals surface area contributed by atoms with E-state index in [4.69, 9.17) is 0 Å². The Morgan fingerprint density at radius 2 is 2.44 bits per heavy atom. The van der Waals surface area contributed by atoms with Crippen LogP contribution in [0.25, 0.3) is 4.96 Å². The third kappa shape index (κ3) is 2.18. The van der Waals surface area contributed by atoms with Crippen LogP contribution in [0.1, 0.15) is 30.7 Å². The minimum absolute atomic E-state index is 0.106. The second-order valence-electron chi connectivity index (χ2n) is 5.09. The van der Waals surface area contributed by atoms with E-state index in [1.54, 1.807) is 11.3 Å². The molecule has 2 unspecified atom stereocenters. The summed E-state index contributed by atoms with van der Waals surface area (Å²) < 4.78 is 2.15. The number of hydrogen-bond acceptors (Lipinski definition) is 4. The number of rotatable bonds is 4. The molecule has 3 rings (SSSR count). The van der Waals surface area contributed by atoms with Gasteiger partial charge in [-0.1, -0.05) is 6.42 Å². The summed E-state index contributed by atoms with van der Waals surface area (Å²) in [7, 11) is 0. The second-order valence-corrected chi connectivity index (χ2v) is 5.96. The Hall–Kier alpha value is -0.910. The maximum Gasteiger partial charge on any atom is 0.194 e. The number of aliphatic hydroxyl groups excluding tert-OH is 1. The van der Waals surface area contributed by atoms with Crippen LogP contribution in [0.2, 0.25) is 0 Å². The van der Waals surface area contributed by atoms with Crippen LogP contribution in [0.3, 0.4) is 0 Å². The van der Waals surface area contributed by atoms with Crippen molar-refractivity contribution in [2.75, 3.05) is 6.54 Å². The van der Waals surface area contributed by atoms with Crippen LogP contribution >= 0.6 is 11.3 Å². The average molecular weight is 265 g/mol. The van der Waals surface area contributed by atoms with Gasteiger partial charge < -0.3 is 10.4 Å². The lowest BCUT2D eigenvalue weighted by Crippen LogP contribution is -2.28.